The molecule has 0 radical (unpaired) electrons. The minimum atomic E-state index is -4.28. The summed E-state index contributed by atoms with van der Waals surface area (Å²) in [5.41, 5.74) is 2.16. The van der Waals surface area contributed by atoms with Crippen molar-refractivity contribution in [2.75, 3.05) is 6.54 Å². The molecule has 198 valence electrons. The Labute approximate surface area is 233 Å². The lowest BCUT2D eigenvalue weighted by Gasteiger charge is -2.43. The number of carbonyl (C=O) groups is 3. The van der Waals surface area contributed by atoms with Crippen LogP contribution in [0.4, 0.5) is 0 Å². The van der Waals surface area contributed by atoms with Gasteiger partial charge in [-0.15, -0.1) is 0 Å². The third kappa shape index (κ3) is 4.92. The Balaban J connectivity index is 1.71. The molecule has 11 heteroatoms. The van der Waals surface area contributed by atoms with Crippen LogP contribution in [0.25, 0.3) is 0 Å². The summed E-state index contributed by atoms with van der Waals surface area (Å²) in [6.07, 6.45) is 2.57. The highest BCUT2D eigenvalue weighted by Gasteiger charge is 2.45. The molecule has 1 N–H and O–H groups in total. The number of ketones is 2. The molecule has 5 rings (SSSR count). The molecular weight excluding hydrogens is 598 g/mol. The maximum atomic E-state index is 13.4. The summed E-state index contributed by atoms with van der Waals surface area (Å²) in [4.78, 5) is 40.1. The fourth-order valence-corrected chi connectivity index (χ4v) is 6.90. The van der Waals surface area contributed by atoms with E-state index < -0.39 is 22.0 Å². The molecular formula is C27H23BrClNO7S. The SMILES string of the molecule is O=C(O)CN1C2=C(C(=O)CCC2)C(c2cc(Br)ccc2OS(=O)(=O)c2ccc(Cl)cc2)C2=C1CCCC2=O. The van der Waals surface area contributed by atoms with Crippen LogP contribution in [-0.4, -0.2) is 42.5 Å². The minimum absolute atomic E-state index is 0.0183. The molecule has 0 bridgehead atoms. The van der Waals surface area contributed by atoms with E-state index in [9.17, 15) is 27.9 Å². The number of carboxylic acids is 1. The number of allylic oxidation sites excluding steroid dienone is 4. The summed E-state index contributed by atoms with van der Waals surface area (Å²) < 4.78 is 32.6. The van der Waals surface area contributed by atoms with E-state index in [1.54, 1.807) is 17.0 Å². The van der Waals surface area contributed by atoms with Gasteiger partial charge in [0, 0.05) is 56.4 Å². The molecule has 2 aromatic carbocycles. The molecule has 38 heavy (non-hydrogen) atoms. The lowest BCUT2D eigenvalue weighted by molar-refractivity contribution is -0.138. The standard InChI is InChI=1S/C27H23BrClNO7S/c28-15-7-12-23(37-38(35,36)17-10-8-16(29)9-11-17)18(13-15)25-26-19(3-1-5-21(26)31)30(14-24(33)34)20-4-2-6-22(32)27(20)25/h7-13,25H,1-6,14H2,(H,33,34). The van der Waals surface area contributed by atoms with Crippen LogP contribution >= 0.6 is 27.5 Å². The Morgan fingerprint density at radius 1 is 0.974 bits per heavy atom. The van der Waals surface area contributed by atoms with Gasteiger partial charge in [0.25, 0.3) is 0 Å². The summed E-state index contributed by atoms with van der Waals surface area (Å²) in [7, 11) is -4.28. The van der Waals surface area contributed by atoms with Crippen LogP contribution in [0.5, 0.6) is 5.75 Å². The lowest BCUT2D eigenvalue weighted by Crippen LogP contribution is -2.41. The number of hydrogen-bond acceptors (Lipinski definition) is 7. The smallest absolute Gasteiger partial charge is 0.339 e. The summed E-state index contributed by atoms with van der Waals surface area (Å²) in [5, 5.41) is 10.0. The minimum Gasteiger partial charge on any atom is -0.480 e. The zero-order chi connectivity index (χ0) is 27.2. The van der Waals surface area contributed by atoms with Crippen molar-refractivity contribution < 1.29 is 32.1 Å². The number of aliphatic carboxylic acids is 1. The van der Waals surface area contributed by atoms with Crippen LogP contribution in [0.3, 0.4) is 0 Å². The van der Waals surface area contributed by atoms with Gasteiger partial charge < -0.3 is 14.2 Å². The second-order valence-electron chi connectivity index (χ2n) is 9.36. The molecule has 2 aromatic rings. The average molecular weight is 621 g/mol. The largest absolute Gasteiger partial charge is 0.480 e. The molecule has 0 saturated carbocycles. The van der Waals surface area contributed by atoms with E-state index in [-0.39, 0.29) is 41.6 Å². The zero-order valence-corrected chi connectivity index (χ0v) is 23.2. The van der Waals surface area contributed by atoms with Crippen molar-refractivity contribution in [3.05, 3.63) is 80.1 Å². The first-order valence-electron chi connectivity index (χ1n) is 12.1. The number of hydrogen-bond donors (Lipinski definition) is 1. The molecule has 0 spiro atoms. The molecule has 0 fully saturated rings. The summed E-state index contributed by atoms with van der Waals surface area (Å²) >= 11 is 9.35. The summed E-state index contributed by atoms with van der Waals surface area (Å²) in [5.74, 6) is -2.35. The molecule has 0 amide bonds. The zero-order valence-electron chi connectivity index (χ0n) is 20.1. The van der Waals surface area contributed by atoms with E-state index in [0.717, 1.165) is 0 Å². The fourth-order valence-electron chi connectivity index (χ4n) is 5.44. The van der Waals surface area contributed by atoms with Gasteiger partial charge in [0.2, 0.25) is 0 Å². The van der Waals surface area contributed by atoms with Crippen molar-refractivity contribution in [2.24, 2.45) is 0 Å². The summed E-state index contributed by atoms with van der Waals surface area (Å²) in [6, 6.07) is 10.3. The number of rotatable bonds is 6. The molecule has 2 aliphatic carbocycles. The van der Waals surface area contributed by atoms with Gasteiger partial charge in [-0.3, -0.25) is 14.4 Å². The average Bonchev–Trinajstić information content (AvgIpc) is 2.86. The monoisotopic (exact) mass is 619 g/mol. The molecule has 0 atom stereocenters. The van der Waals surface area contributed by atoms with Crippen LogP contribution in [0, 0.1) is 0 Å². The number of halogens is 2. The molecule has 1 aliphatic heterocycles. The second-order valence-corrected chi connectivity index (χ2v) is 12.3. The van der Waals surface area contributed by atoms with Gasteiger partial charge in [-0.2, -0.15) is 8.42 Å². The lowest BCUT2D eigenvalue weighted by atomic mass is 9.70. The van der Waals surface area contributed by atoms with Gasteiger partial charge in [-0.25, -0.2) is 0 Å². The van der Waals surface area contributed by atoms with Crippen LogP contribution < -0.4 is 4.18 Å². The highest BCUT2D eigenvalue weighted by molar-refractivity contribution is 9.10. The van der Waals surface area contributed by atoms with E-state index in [1.165, 1.54) is 30.3 Å². The molecule has 1 heterocycles. The number of carboxylic acid groups (broad SMARTS) is 1. The van der Waals surface area contributed by atoms with Crippen LogP contribution in [0.2, 0.25) is 5.02 Å². The van der Waals surface area contributed by atoms with E-state index in [2.05, 4.69) is 15.9 Å². The van der Waals surface area contributed by atoms with Crippen LogP contribution in [0.15, 0.2) is 74.4 Å². The molecule has 0 saturated heterocycles. The van der Waals surface area contributed by atoms with Crippen LogP contribution in [-0.2, 0) is 24.5 Å². The van der Waals surface area contributed by atoms with E-state index >= 15 is 0 Å². The van der Waals surface area contributed by atoms with Crippen LogP contribution in [0.1, 0.15) is 50.0 Å². The third-order valence-corrected chi connectivity index (χ3v) is 8.96. The Morgan fingerprint density at radius 3 is 2.11 bits per heavy atom. The van der Waals surface area contributed by atoms with Crippen molar-refractivity contribution in [3.8, 4) is 5.75 Å². The van der Waals surface area contributed by atoms with Crippen molar-refractivity contribution >= 4 is 55.2 Å². The first kappa shape index (κ1) is 26.6. The van der Waals surface area contributed by atoms with Gasteiger partial charge in [-0.1, -0.05) is 27.5 Å². The molecule has 0 aromatic heterocycles. The van der Waals surface area contributed by atoms with E-state index in [4.69, 9.17) is 15.8 Å². The third-order valence-electron chi connectivity index (χ3n) is 6.96. The maximum absolute atomic E-state index is 13.4. The Morgan fingerprint density at radius 2 is 1.55 bits per heavy atom. The highest BCUT2D eigenvalue weighted by atomic mass is 79.9. The predicted molar refractivity (Wildman–Crippen MR) is 142 cm³/mol. The Kier molecular flexibility index (Phi) is 7.23. The highest BCUT2D eigenvalue weighted by Crippen LogP contribution is 2.51. The van der Waals surface area contributed by atoms with Crippen molar-refractivity contribution in [1.29, 1.82) is 0 Å². The Hall–Kier alpha value is -2.95. The molecule has 8 nitrogen and oxygen atoms in total. The number of carbonyl (C=O) groups excluding carboxylic acids is 2. The van der Waals surface area contributed by atoms with Crippen molar-refractivity contribution in [1.82, 2.24) is 4.90 Å². The quantitative estimate of drug-likeness (QED) is 0.429. The number of nitrogens with zero attached hydrogens (tertiary/aromatic N) is 1. The van der Waals surface area contributed by atoms with Gasteiger partial charge in [0.05, 0.1) is 0 Å². The molecule has 0 unspecified atom stereocenters. The number of Topliss-reactive ketones (excluding diaryl/α,β-unsaturated/α-hetero) is 2. The van der Waals surface area contributed by atoms with E-state index in [0.29, 0.717) is 63.3 Å². The van der Waals surface area contributed by atoms with Gasteiger partial charge in [0.15, 0.2) is 11.6 Å². The topological polar surface area (TPSA) is 118 Å². The van der Waals surface area contributed by atoms with Crippen molar-refractivity contribution in [3.63, 3.8) is 0 Å². The maximum Gasteiger partial charge on any atom is 0.339 e. The first-order chi connectivity index (χ1) is 18.1. The summed E-state index contributed by atoms with van der Waals surface area (Å²) in [6.45, 7) is -0.363. The fraction of sp³-hybridized carbons (Fsp3) is 0.296. The van der Waals surface area contributed by atoms with E-state index in [1.807, 2.05) is 0 Å². The normalized spacial score (nSPS) is 18.4. The van der Waals surface area contributed by atoms with Gasteiger partial charge >= 0.3 is 16.1 Å². The number of benzene rings is 2. The second kappa shape index (κ2) is 10.3. The predicted octanol–water partition coefficient (Wildman–Crippen LogP) is 5.37. The Bertz CT molecular complexity index is 1480. The van der Waals surface area contributed by atoms with Gasteiger partial charge in [-0.05, 0) is 68.1 Å². The van der Waals surface area contributed by atoms with Crippen molar-refractivity contribution in [2.45, 2.75) is 49.3 Å². The van der Waals surface area contributed by atoms with Gasteiger partial charge in [0.1, 0.15) is 17.2 Å². The first-order valence-corrected chi connectivity index (χ1v) is 14.7. The molecule has 3 aliphatic rings.